The second kappa shape index (κ2) is 6.05. The summed E-state index contributed by atoms with van der Waals surface area (Å²) in [6.45, 7) is 0.855. The van der Waals surface area contributed by atoms with Crippen molar-refractivity contribution in [1.82, 2.24) is 4.98 Å². The number of aromatic carboxylic acids is 1. The minimum atomic E-state index is -1.02. The minimum Gasteiger partial charge on any atom is -0.478 e. The molecule has 1 aliphatic rings. The van der Waals surface area contributed by atoms with Crippen molar-refractivity contribution in [3.8, 4) is 0 Å². The fourth-order valence-electron chi connectivity index (χ4n) is 2.34. The summed E-state index contributed by atoms with van der Waals surface area (Å²) >= 11 is 5.77. The predicted octanol–water partition coefficient (Wildman–Crippen LogP) is 3.43. The number of pyridine rings is 1. The molecule has 18 heavy (non-hydrogen) atoms. The molecule has 0 unspecified atom stereocenters. The normalized spacial score (nSPS) is 16.5. The number of carboxylic acid groups (broad SMARTS) is 1. The Bertz CT molecular complexity index is 431. The van der Waals surface area contributed by atoms with Crippen LogP contribution in [0.4, 0.5) is 5.82 Å². The quantitative estimate of drug-likeness (QED) is 0.878. The van der Waals surface area contributed by atoms with E-state index >= 15 is 0 Å². The standard InChI is InChI=1S/C13H17ClN2O2/c14-11-8-16-12(6-10(11)13(17)18)15-7-9-4-2-1-3-5-9/h6,8-9H,1-5,7H2,(H,15,16)(H,17,18). The summed E-state index contributed by atoms with van der Waals surface area (Å²) in [6.07, 6.45) is 7.79. The molecule has 1 aliphatic carbocycles. The van der Waals surface area contributed by atoms with Crippen molar-refractivity contribution in [3.63, 3.8) is 0 Å². The van der Waals surface area contributed by atoms with Crippen LogP contribution in [0.2, 0.25) is 5.02 Å². The zero-order valence-electron chi connectivity index (χ0n) is 10.2. The smallest absolute Gasteiger partial charge is 0.337 e. The molecule has 1 aromatic rings. The van der Waals surface area contributed by atoms with Crippen molar-refractivity contribution in [2.45, 2.75) is 32.1 Å². The van der Waals surface area contributed by atoms with E-state index in [2.05, 4.69) is 10.3 Å². The Labute approximate surface area is 111 Å². The average molecular weight is 269 g/mol. The number of anilines is 1. The Hall–Kier alpha value is -1.29. The summed E-state index contributed by atoms with van der Waals surface area (Å²) in [7, 11) is 0. The molecule has 0 saturated heterocycles. The highest BCUT2D eigenvalue weighted by atomic mass is 35.5. The number of aromatic nitrogens is 1. The van der Waals surface area contributed by atoms with E-state index in [0.717, 1.165) is 6.54 Å². The van der Waals surface area contributed by atoms with Gasteiger partial charge in [0.1, 0.15) is 5.82 Å². The van der Waals surface area contributed by atoms with Crippen LogP contribution in [0.5, 0.6) is 0 Å². The summed E-state index contributed by atoms with van der Waals surface area (Å²) in [5.41, 5.74) is 0.0952. The first kappa shape index (κ1) is 13.1. The van der Waals surface area contributed by atoms with Gasteiger partial charge in [-0.25, -0.2) is 9.78 Å². The number of halogens is 1. The fourth-order valence-corrected chi connectivity index (χ4v) is 2.52. The third-order valence-corrected chi connectivity index (χ3v) is 3.68. The van der Waals surface area contributed by atoms with Crippen molar-refractivity contribution in [3.05, 3.63) is 22.8 Å². The molecular formula is C13H17ClN2O2. The Morgan fingerprint density at radius 2 is 2.17 bits per heavy atom. The monoisotopic (exact) mass is 268 g/mol. The number of carboxylic acids is 1. The van der Waals surface area contributed by atoms with Crippen LogP contribution in [0.3, 0.4) is 0 Å². The molecular weight excluding hydrogens is 252 g/mol. The van der Waals surface area contributed by atoms with E-state index in [1.54, 1.807) is 0 Å². The van der Waals surface area contributed by atoms with Crippen molar-refractivity contribution in [1.29, 1.82) is 0 Å². The lowest BCUT2D eigenvalue weighted by atomic mass is 9.89. The van der Waals surface area contributed by atoms with E-state index in [4.69, 9.17) is 16.7 Å². The van der Waals surface area contributed by atoms with Crippen LogP contribution < -0.4 is 5.32 Å². The molecule has 2 N–H and O–H groups in total. The van der Waals surface area contributed by atoms with Crippen LogP contribution in [0.1, 0.15) is 42.5 Å². The first-order valence-electron chi connectivity index (χ1n) is 6.29. The van der Waals surface area contributed by atoms with Crippen molar-refractivity contribution in [2.24, 2.45) is 5.92 Å². The van der Waals surface area contributed by atoms with Gasteiger partial charge in [-0.15, -0.1) is 0 Å². The second-order valence-electron chi connectivity index (χ2n) is 4.74. The maximum atomic E-state index is 10.9. The minimum absolute atomic E-state index is 0.0952. The topological polar surface area (TPSA) is 62.2 Å². The van der Waals surface area contributed by atoms with Gasteiger partial charge in [-0.1, -0.05) is 30.9 Å². The van der Waals surface area contributed by atoms with E-state index in [0.29, 0.717) is 11.7 Å². The van der Waals surface area contributed by atoms with Gasteiger partial charge in [0.2, 0.25) is 0 Å². The lowest BCUT2D eigenvalue weighted by molar-refractivity contribution is 0.0697. The number of hydrogen-bond acceptors (Lipinski definition) is 3. The number of nitrogens with one attached hydrogen (secondary N) is 1. The third kappa shape index (κ3) is 3.35. The fraction of sp³-hybridized carbons (Fsp3) is 0.538. The van der Waals surface area contributed by atoms with E-state index in [1.165, 1.54) is 44.4 Å². The third-order valence-electron chi connectivity index (χ3n) is 3.38. The van der Waals surface area contributed by atoms with Gasteiger partial charge in [-0.2, -0.15) is 0 Å². The molecule has 1 heterocycles. The van der Waals surface area contributed by atoms with Crippen LogP contribution in [-0.4, -0.2) is 22.6 Å². The predicted molar refractivity (Wildman–Crippen MR) is 71.3 cm³/mol. The lowest BCUT2D eigenvalue weighted by Crippen LogP contribution is -2.17. The van der Waals surface area contributed by atoms with Gasteiger partial charge in [0.15, 0.2) is 0 Å². The van der Waals surface area contributed by atoms with E-state index in [-0.39, 0.29) is 10.6 Å². The highest BCUT2D eigenvalue weighted by Gasteiger charge is 2.14. The molecule has 0 aliphatic heterocycles. The van der Waals surface area contributed by atoms with Gasteiger partial charge in [-0.05, 0) is 24.8 Å². The molecule has 0 radical (unpaired) electrons. The van der Waals surface area contributed by atoms with Crippen LogP contribution >= 0.6 is 11.6 Å². The van der Waals surface area contributed by atoms with E-state index in [9.17, 15) is 4.79 Å². The number of nitrogens with zero attached hydrogens (tertiary/aromatic N) is 1. The molecule has 5 heteroatoms. The number of hydrogen-bond donors (Lipinski definition) is 2. The van der Waals surface area contributed by atoms with Crippen LogP contribution in [-0.2, 0) is 0 Å². The number of rotatable bonds is 4. The first-order valence-corrected chi connectivity index (χ1v) is 6.67. The van der Waals surface area contributed by atoms with Gasteiger partial charge in [0.05, 0.1) is 10.6 Å². The van der Waals surface area contributed by atoms with Crippen LogP contribution in [0.25, 0.3) is 0 Å². The van der Waals surface area contributed by atoms with Crippen LogP contribution in [0, 0.1) is 5.92 Å². The lowest BCUT2D eigenvalue weighted by Gasteiger charge is -2.22. The Morgan fingerprint density at radius 1 is 1.44 bits per heavy atom. The Morgan fingerprint density at radius 3 is 2.83 bits per heavy atom. The average Bonchev–Trinajstić information content (AvgIpc) is 2.38. The van der Waals surface area contributed by atoms with Gasteiger partial charge in [-0.3, -0.25) is 0 Å². The molecule has 1 fully saturated rings. The van der Waals surface area contributed by atoms with Crippen LogP contribution in [0.15, 0.2) is 12.3 Å². The molecule has 1 aromatic heterocycles. The molecule has 98 valence electrons. The highest BCUT2D eigenvalue weighted by molar-refractivity contribution is 6.33. The van der Waals surface area contributed by atoms with E-state index < -0.39 is 5.97 Å². The largest absolute Gasteiger partial charge is 0.478 e. The zero-order valence-corrected chi connectivity index (χ0v) is 10.9. The molecule has 0 spiro atoms. The molecule has 1 saturated carbocycles. The Kier molecular flexibility index (Phi) is 4.42. The Balaban J connectivity index is 1.96. The van der Waals surface area contributed by atoms with Crippen molar-refractivity contribution >= 4 is 23.4 Å². The first-order chi connectivity index (χ1) is 8.66. The molecule has 0 atom stereocenters. The van der Waals surface area contributed by atoms with E-state index in [1.807, 2.05) is 0 Å². The molecule has 0 bridgehead atoms. The maximum Gasteiger partial charge on any atom is 0.337 e. The molecule has 2 rings (SSSR count). The zero-order chi connectivity index (χ0) is 13.0. The van der Waals surface area contributed by atoms with Crippen molar-refractivity contribution < 1.29 is 9.90 Å². The summed E-state index contributed by atoms with van der Waals surface area (Å²) in [5, 5.41) is 12.3. The summed E-state index contributed by atoms with van der Waals surface area (Å²) < 4.78 is 0. The number of carbonyl (C=O) groups is 1. The summed E-state index contributed by atoms with van der Waals surface area (Å²) in [6, 6.07) is 1.49. The molecule has 0 aromatic carbocycles. The highest BCUT2D eigenvalue weighted by Crippen LogP contribution is 2.24. The molecule has 0 amide bonds. The SMILES string of the molecule is O=C(O)c1cc(NCC2CCCCC2)ncc1Cl. The van der Waals surface area contributed by atoms with Gasteiger partial charge < -0.3 is 10.4 Å². The second-order valence-corrected chi connectivity index (χ2v) is 5.15. The summed E-state index contributed by atoms with van der Waals surface area (Å²) in [4.78, 5) is 15.0. The van der Waals surface area contributed by atoms with Gasteiger partial charge in [0, 0.05) is 12.7 Å². The maximum absolute atomic E-state index is 10.9. The van der Waals surface area contributed by atoms with Crippen molar-refractivity contribution in [2.75, 3.05) is 11.9 Å². The van der Waals surface area contributed by atoms with Gasteiger partial charge in [0.25, 0.3) is 0 Å². The van der Waals surface area contributed by atoms with Gasteiger partial charge >= 0.3 is 5.97 Å². The molecule has 4 nitrogen and oxygen atoms in total. The summed E-state index contributed by atoms with van der Waals surface area (Å²) in [5.74, 6) is 0.231.